The number of aromatic nitrogens is 1. The van der Waals surface area contributed by atoms with Gasteiger partial charge in [0, 0.05) is 12.7 Å². The highest BCUT2D eigenvalue weighted by molar-refractivity contribution is 5.23. The van der Waals surface area contributed by atoms with Gasteiger partial charge in [0.2, 0.25) is 0 Å². The molecule has 0 aliphatic carbocycles. The number of aliphatic imine (C=N–C) groups is 1. The van der Waals surface area contributed by atoms with Gasteiger partial charge in [0.25, 0.3) is 0 Å². The summed E-state index contributed by atoms with van der Waals surface area (Å²) in [4.78, 5) is 6.92. The van der Waals surface area contributed by atoms with Crippen LogP contribution in [0.25, 0.3) is 0 Å². The van der Waals surface area contributed by atoms with E-state index in [9.17, 15) is 13.2 Å². The molecule has 0 atom stereocenters. The van der Waals surface area contributed by atoms with Crippen molar-refractivity contribution in [1.82, 2.24) is 4.98 Å². The van der Waals surface area contributed by atoms with E-state index in [0.717, 1.165) is 11.6 Å². The predicted molar refractivity (Wildman–Crippen MR) is 47.4 cm³/mol. The highest BCUT2D eigenvalue weighted by atomic mass is 19.4. The fraction of sp³-hybridized carbons (Fsp3) is 0.333. The zero-order chi connectivity index (χ0) is 10.6. The third-order valence-electron chi connectivity index (χ3n) is 1.67. The molecule has 2 nitrogen and oxygen atoms in total. The van der Waals surface area contributed by atoms with E-state index in [0.29, 0.717) is 13.0 Å². The minimum Gasteiger partial charge on any atom is -0.301 e. The van der Waals surface area contributed by atoms with Gasteiger partial charge >= 0.3 is 6.18 Å². The van der Waals surface area contributed by atoms with Crippen LogP contribution in [0.1, 0.15) is 11.3 Å². The number of pyridine rings is 1. The molecule has 0 saturated carbocycles. The summed E-state index contributed by atoms with van der Waals surface area (Å²) in [5, 5.41) is 0. The molecule has 0 aromatic carbocycles. The highest BCUT2D eigenvalue weighted by Crippen LogP contribution is 2.27. The van der Waals surface area contributed by atoms with Crippen LogP contribution in [0.15, 0.2) is 23.3 Å². The van der Waals surface area contributed by atoms with E-state index in [1.54, 1.807) is 0 Å². The minimum absolute atomic E-state index is 0.493. The first kappa shape index (κ1) is 10.7. The van der Waals surface area contributed by atoms with E-state index in [1.165, 1.54) is 12.3 Å². The summed E-state index contributed by atoms with van der Waals surface area (Å²) in [6.45, 7) is 3.78. The summed E-state index contributed by atoms with van der Waals surface area (Å²) in [5.74, 6) is 0. The quantitative estimate of drug-likeness (QED) is 0.690. The largest absolute Gasteiger partial charge is 0.433 e. The van der Waals surface area contributed by atoms with Crippen molar-refractivity contribution in [3.8, 4) is 0 Å². The number of hydrogen-bond acceptors (Lipinski definition) is 2. The van der Waals surface area contributed by atoms with E-state index >= 15 is 0 Å². The van der Waals surface area contributed by atoms with Gasteiger partial charge in [-0.15, -0.1) is 0 Å². The topological polar surface area (TPSA) is 25.2 Å². The van der Waals surface area contributed by atoms with Crippen molar-refractivity contribution < 1.29 is 13.2 Å². The van der Waals surface area contributed by atoms with Crippen LogP contribution in [-0.4, -0.2) is 18.2 Å². The first-order valence-corrected chi connectivity index (χ1v) is 3.98. The van der Waals surface area contributed by atoms with Crippen molar-refractivity contribution >= 4 is 6.72 Å². The second kappa shape index (κ2) is 4.21. The third-order valence-corrected chi connectivity index (χ3v) is 1.67. The van der Waals surface area contributed by atoms with Crippen molar-refractivity contribution in [3.05, 3.63) is 29.6 Å². The Morgan fingerprint density at radius 2 is 2.07 bits per heavy atom. The van der Waals surface area contributed by atoms with Crippen LogP contribution in [0, 0.1) is 0 Å². The molecule has 14 heavy (non-hydrogen) atoms. The molecule has 0 radical (unpaired) electrons. The SMILES string of the molecule is C=NCCc1ccc(C(F)(F)F)nc1. The minimum atomic E-state index is -4.37. The van der Waals surface area contributed by atoms with E-state index in [2.05, 4.69) is 16.7 Å². The van der Waals surface area contributed by atoms with Crippen LogP contribution in [0.2, 0.25) is 0 Å². The lowest BCUT2D eigenvalue weighted by Crippen LogP contribution is -2.07. The first-order valence-electron chi connectivity index (χ1n) is 3.98. The zero-order valence-electron chi connectivity index (χ0n) is 7.38. The molecule has 1 heterocycles. The van der Waals surface area contributed by atoms with E-state index < -0.39 is 11.9 Å². The third kappa shape index (κ3) is 2.83. The lowest BCUT2D eigenvalue weighted by atomic mass is 10.2. The Hall–Kier alpha value is -1.39. The molecule has 1 rings (SSSR count). The molecule has 0 aliphatic rings. The molecule has 0 fully saturated rings. The Morgan fingerprint density at radius 1 is 1.36 bits per heavy atom. The number of hydrogen-bond donors (Lipinski definition) is 0. The molecule has 1 aromatic rings. The number of alkyl halides is 3. The second-order valence-corrected chi connectivity index (χ2v) is 2.75. The maximum Gasteiger partial charge on any atom is 0.433 e. The van der Waals surface area contributed by atoms with Gasteiger partial charge in [0.05, 0.1) is 0 Å². The Morgan fingerprint density at radius 3 is 2.50 bits per heavy atom. The normalized spacial score (nSPS) is 11.4. The summed E-state index contributed by atoms with van der Waals surface area (Å²) in [6, 6.07) is 2.37. The lowest BCUT2D eigenvalue weighted by Gasteiger charge is -2.05. The van der Waals surface area contributed by atoms with Gasteiger partial charge in [-0.3, -0.25) is 4.98 Å². The Kier molecular flexibility index (Phi) is 3.22. The molecule has 5 heteroatoms. The predicted octanol–water partition coefficient (Wildman–Crippen LogP) is 2.34. The number of rotatable bonds is 3. The monoisotopic (exact) mass is 202 g/mol. The Balaban J connectivity index is 2.73. The molecule has 1 aromatic heterocycles. The molecule has 76 valence electrons. The average Bonchev–Trinajstić information content (AvgIpc) is 2.14. The average molecular weight is 202 g/mol. The van der Waals surface area contributed by atoms with Crippen LogP contribution in [0.4, 0.5) is 13.2 Å². The maximum atomic E-state index is 12.1. The maximum absolute atomic E-state index is 12.1. The Bertz CT molecular complexity index is 303. The van der Waals surface area contributed by atoms with Crippen molar-refractivity contribution in [2.75, 3.05) is 6.54 Å². The summed E-state index contributed by atoms with van der Waals surface area (Å²) >= 11 is 0. The van der Waals surface area contributed by atoms with Gasteiger partial charge in [0.1, 0.15) is 5.69 Å². The smallest absolute Gasteiger partial charge is 0.301 e. The van der Waals surface area contributed by atoms with E-state index in [4.69, 9.17) is 0 Å². The summed E-state index contributed by atoms with van der Waals surface area (Å²) in [5.41, 5.74) is -0.141. The van der Waals surface area contributed by atoms with Gasteiger partial charge in [-0.05, 0) is 24.8 Å². The van der Waals surface area contributed by atoms with Crippen LogP contribution < -0.4 is 0 Å². The second-order valence-electron chi connectivity index (χ2n) is 2.75. The van der Waals surface area contributed by atoms with Gasteiger partial charge < -0.3 is 4.99 Å². The van der Waals surface area contributed by atoms with Crippen LogP contribution >= 0.6 is 0 Å². The van der Waals surface area contributed by atoms with Crippen LogP contribution in [0.3, 0.4) is 0 Å². The molecule has 0 unspecified atom stereocenters. The molecule has 0 amide bonds. The molecule has 0 saturated heterocycles. The van der Waals surface area contributed by atoms with Gasteiger partial charge in [-0.2, -0.15) is 13.2 Å². The summed E-state index contributed by atoms with van der Waals surface area (Å²) < 4.78 is 36.2. The molecule has 0 bridgehead atoms. The van der Waals surface area contributed by atoms with E-state index in [-0.39, 0.29) is 0 Å². The van der Waals surface area contributed by atoms with Crippen molar-refractivity contribution in [1.29, 1.82) is 0 Å². The zero-order valence-corrected chi connectivity index (χ0v) is 7.38. The standard InChI is InChI=1S/C9H9F3N2/c1-13-5-4-7-2-3-8(14-6-7)9(10,11)12/h2-3,6H,1,4-5H2. The van der Waals surface area contributed by atoms with Crippen molar-refractivity contribution in [2.24, 2.45) is 4.99 Å². The number of halogens is 3. The van der Waals surface area contributed by atoms with Crippen molar-refractivity contribution in [2.45, 2.75) is 12.6 Å². The molecule has 0 spiro atoms. The fourth-order valence-electron chi connectivity index (χ4n) is 0.948. The van der Waals surface area contributed by atoms with Gasteiger partial charge in [-0.25, -0.2) is 0 Å². The molecule has 0 aliphatic heterocycles. The fourth-order valence-corrected chi connectivity index (χ4v) is 0.948. The molecule has 0 N–H and O–H groups in total. The van der Waals surface area contributed by atoms with Gasteiger partial charge in [0.15, 0.2) is 0 Å². The molecular formula is C9H9F3N2. The first-order chi connectivity index (χ1) is 6.54. The van der Waals surface area contributed by atoms with E-state index in [1.807, 2.05) is 0 Å². The van der Waals surface area contributed by atoms with Crippen LogP contribution in [0.5, 0.6) is 0 Å². The van der Waals surface area contributed by atoms with Gasteiger partial charge in [-0.1, -0.05) is 6.07 Å². The van der Waals surface area contributed by atoms with Crippen molar-refractivity contribution in [3.63, 3.8) is 0 Å². The number of nitrogens with zero attached hydrogens (tertiary/aromatic N) is 2. The van der Waals surface area contributed by atoms with Crippen LogP contribution in [-0.2, 0) is 12.6 Å². The Labute approximate surface area is 79.5 Å². The summed E-state index contributed by atoms with van der Waals surface area (Å²) in [6.07, 6.45) is -2.59. The summed E-state index contributed by atoms with van der Waals surface area (Å²) in [7, 11) is 0. The molecular weight excluding hydrogens is 193 g/mol. The lowest BCUT2D eigenvalue weighted by molar-refractivity contribution is -0.141. The highest BCUT2D eigenvalue weighted by Gasteiger charge is 2.31.